The SMILES string of the molecule is C=CCCCCCCCCCn1cc[n+](C)c1.N#CN.N#CN. The summed E-state index contributed by atoms with van der Waals surface area (Å²) in [6.45, 7) is 4.91. The second-order valence-electron chi connectivity index (χ2n) is 5.13. The van der Waals surface area contributed by atoms with Gasteiger partial charge in [0.05, 0.1) is 13.6 Å². The van der Waals surface area contributed by atoms with Crippen molar-refractivity contribution in [1.29, 1.82) is 10.5 Å². The topological polar surface area (TPSA) is 108 Å². The highest BCUT2D eigenvalue weighted by Gasteiger charge is 1.99. The van der Waals surface area contributed by atoms with E-state index < -0.39 is 0 Å². The van der Waals surface area contributed by atoms with Crippen LogP contribution in [-0.4, -0.2) is 4.57 Å². The number of nitrogens with zero attached hydrogens (tertiary/aromatic N) is 4. The first-order valence-electron chi connectivity index (χ1n) is 7.97. The Morgan fingerprint density at radius 2 is 1.52 bits per heavy atom. The molecule has 1 heterocycles. The minimum Gasteiger partial charge on any atom is -0.337 e. The molecule has 0 aliphatic rings. The summed E-state index contributed by atoms with van der Waals surface area (Å²) in [7, 11) is 2.07. The predicted molar refractivity (Wildman–Crippen MR) is 92.3 cm³/mol. The molecule has 1 aromatic heterocycles. The summed E-state index contributed by atoms with van der Waals surface area (Å²) in [4.78, 5) is 0. The Labute approximate surface area is 140 Å². The van der Waals surface area contributed by atoms with Gasteiger partial charge in [0.15, 0.2) is 12.4 Å². The summed E-state index contributed by atoms with van der Waals surface area (Å²) in [5.41, 5.74) is 8.31. The number of hydrogen-bond acceptors (Lipinski definition) is 4. The molecule has 0 bridgehead atoms. The quantitative estimate of drug-likeness (QED) is 0.227. The lowest BCUT2D eigenvalue weighted by Gasteiger charge is -2.00. The van der Waals surface area contributed by atoms with Gasteiger partial charge in [-0.1, -0.05) is 31.8 Å². The minimum atomic E-state index is 1.16. The monoisotopic (exact) mass is 319 g/mol. The van der Waals surface area contributed by atoms with Crippen molar-refractivity contribution >= 4 is 0 Å². The molecule has 128 valence electrons. The summed E-state index contributed by atoms with van der Waals surface area (Å²) >= 11 is 0. The van der Waals surface area contributed by atoms with E-state index in [4.69, 9.17) is 10.5 Å². The summed E-state index contributed by atoms with van der Waals surface area (Å²) in [6, 6.07) is 0. The van der Waals surface area contributed by atoms with E-state index in [-0.39, 0.29) is 0 Å². The molecule has 0 amide bonds. The van der Waals surface area contributed by atoms with Crippen molar-refractivity contribution in [3.63, 3.8) is 0 Å². The van der Waals surface area contributed by atoms with E-state index in [0.717, 1.165) is 6.54 Å². The largest absolute Gasteiger partial charge is 0.337 e. The normalized spacial score (nSPS) is 8.48. The number of allylic oxidation sites excluding steroid dienone is 1. The highest BCUT2D eigenvalue weighted by molar-refractivity contribution is 4.66. The van der Waals surface area contributed by atoms with Gasteiger partial charge in [0, 0.05) is 0 Å². The molecule has 23 heavy (non-hydrogen) atoms. The first kappa shape index (κ1) is 22.8. The fourth-order valence-corrected chi connectivity index (χ4v) is 2.10. The number of unbranched alkanes of at least 4 members (excludes halogenated alkanes) is 7. The Bertz CT molecular complexity index is 440. The second kappa shape index (κ2) is 19.5. The van der Waals surface area contributed by atoms with E-state index in [1.54, 1.807) is 0 Å². The van der Waals surface area contributed by atoms with Crippen LogP contribution in [0, 0.1) is 22.9 Å². The van der Waals surface area contributed by atoms with Gasteiger partial charge in [-0.05, 0) is 25.7 Å². The van der Waals surface area contributed by atoms with Crippen molar-refractivity contribution in [2.75, 3.05) is 0 Å². The maximum Gasteiger partial charge on any atom is 0.243 e. The molecule has 0 aliphatic heterocycles. The summed E-state index contributed by atoms with van der Waals surface area (Å²) < 4.78 is 4.36. The molecular weight excluding hydrogens is 288 g/mol. The minimum absolute atomic E-state index is 1.16. The molecule has 0 aromatic carbocycles. The van der Waals surface area contributed by atoms with Gasteiger partial charge in [-0.3, -0.25) is 0 Å². The predicted octanol–water partition coefficient (Wildman–Crippen LogP) is 2.47. The number of rotatable bonds is 10. The molecule has 0 saturated carbocycles. The molecule has 6 nitrogen and oxygen atoms in total. The van der Waals surface area contributed by atoms with Crippen LogP contribution in [0.1, 0.15) is 51.4 Å². The number of aromatic nitrogens is 2. The van der Waals surface area contributed by atoms with E-state index in [9.17, 15) is 0 Å². The molecule has 1 rings (SSSR count). The van der Waals surface area contributed by atoms with Gasteiger partial charge in [-0.2, -0.15) is 10.5 Å². The first-order valence-corrected chi connectivity index (χ1v) is 7.97. The van der Waals surface area contributed by atoms with Crippen molar-refractivity contribution in [3.8, 4) is 12.4 Å². The molecule has 1 aromatic rings. The van der Waals surface area contributed by atoms with Crippen molar-refractivity contribution in [2.45, 2.75) is 57.9 Å². The molecule has 0 spiro atoms. The number of nitriles is 2. The van der Waals surface area contributed by atoms with Gasteiger partial charge in [0.2, 0.25) is 6.33 Å². The zero-order chi connectivity index (χ0) is 17.8. The lowest BCUT2D eigenvalue weighted by atomic mass is 10.1. The summed E-state index contributed by atoms with van der Waals surface area (Å²) in [5.74, 6) is 0. The van der Waals surface area contributed by atoms with Gasteiger partial charge in [-0.25, -0.2) is 9.13 Å². The van der Waals surface area contributed by atoms with E-state index >= 15 is 0 Å². The Hall–Kier alpha value is -2.47. The summed E-state index contributed by atoms with van der Waals surface area (Å²) in [5, 5.41) is 14.2. The molecular formula is C17H31N6+. The van der Waals surface area contributed by atoms with Crippen LogP contribution in [0.25, 0.3) is 0 Å². The third kappa shape index (κ3) is 19.5. The highest BCUT2D eigenvalue weighted by Crippen LogP contribution is 2.09. The van der Waals surface area contributed by atoms with Crippen LogP contribution >= 0.6 is 0 Å². The van der Waals surface area contributed by atoms with Crippen LogP contribution in [0.2, 0.25) is 0 Å². The zero-order valence-corrected chi connectivity index (χ0v) is 14.3. The van der Waals surface area contributed by atoms with Crippen molar-refractivity contribution in [2.24, 2.45) is 18.5 Å². The fraction of sp³-hybridized carbons (Fsp3) is 0.588. The standard InChI is InChI=1S/C15H27N2.2CH2N2/c1-3-4-5-6-7-8-9-10-11-12-17-14-13-16(2)15-17;2*2-1-3/h3,13-15H,1,4-12H2,2H3;2*2H2/q+1;;. The molecule has 0 fully saturated rings. The Kier molecular flexibility index (Phi) is 19.4. The van der Waals surface area contributed by atoms with E-state index in [2.05, 4.69) is 52.9 Å². The summed E-state index contributed by atoms with van der Waals surface area (Å²) in [6.07, 6.45) is 21.7. The lowest BCUT2D eigenvalue weighted by Crippen LogP contribution is -2.23. The van der Waals surface area contributed by atoms with Crippen LogP contribution in [0.3, 0.4) is 0 Å². The zero-order valence-electron chi connectivity index (χ0n) is 14.3. The number of hydrogen-bond donors (Lipinski definition) is 2. The lowest BCUT2D eigenvalue weighted by molar-refractivity contribution is -0.671. The molecule has 0 saturated heterocycles. The smallest absolute Gasteiger partial charge is 0.243 e. The number of nitrogens with two attached hydrogens (primary N) is 2. The molecule has 0 radical (unpaired) electrons. The number of imidazole rings is 1. The van der Waals surface area contributed by atoms with Gasteiger partial charge in [-0.15, -0.1) is 6.58 Å². The van der Waals surface area contributed by atoms with Crippen LogP contribution in [0.15, 0.2) is 31.4 Å². The molecule has 0 atom stereocenters. The Morgan fingerprint density at radius 3 is 1.96 bits per heavy atom. The number of aryl methyl sites for hydroxylation is 2. The van der Waals surface area contributed by atoms with E-state index in [0.29, 0.717) is 0 Å². The average molecular weight is 319 g/mol. The highest BCUT2D eigenvalue weighted by atomic mass is 15.1. The second-order valence-corrected chi connectivity index (χ2v) is 5.13. The Balaban J connectivity index is 0. The van der Waals surface area contributed by atoms with Crippen molar-refractivity contribution in [1.82, 2.24) is 4.57 Å². The maximum absolute atomic E-state index is 7.10. The third-order valence-electron chi connectivity index (χ3n) is 3.15. The van der Waals surface area contributed by atoms with Crippen LogP contribution < -0.4 is 16.0 Å². The molecule has 0 aliphatic carbocycles. The first-order chi connectivity index (χ1) is 11.2. The van der Waals surface area contributed by atoms with Crippen LogP contribution in [0.4, 0.5) is 0 Å². The van der Waals surface area contributed by atoms with E-state index in [1.807, 2.05) is 6.08 Å². The van der Waals surface area contributed by atoms with Crippen LogP contribution in [0.5, 0.6) is 0 Å². The fourth-order valence-electron chi connectivity index (χ4n) is 2.10. The average Bonchev–Trinajstić information content (AvgIpc) is 2.93. The van der Waals surface area contributed by atoms with Gasteiger partial charge in [0.1, 0.15) is 12.4 Å². The molecule has 6 heteroatoms. The van der Waals surface area contributed by atoms with Crippen molar-refractivity contribution < 1.29 is 4.57 Å². The third-order valence-corrected chi connectivity index (χ3v) is 3.15. The van der Waals surface area contributed by atoms with Crippen LogP contribution in [-0.2, 0) is 13.6 Å². The van der Waals surface area contributed by atoms with E-state index in [1.165, 1.54) is 63.8 Å². The van der Waals surface area contributed by atoms with Gasteiger partial charge in [0.25, 0.3) is 0 Å². The molecule has 4 N–H and O–H groups in total. The maximum atomic E-state index is 7.10. The van der Waals surface area contributed by atoms with Gasteiger partial charge >= 0.3 is 0 Å². The van der Waals surface area contributed by atoms with Crippen molar-refractivity contribution in [3.05, 3.63) is 31.4 Å². The molecule has 0 unspecified atom stereocenters. The Morgan fingerprint density at radius 1 is 1.04 bits per heavy atom. The van der Waals surface area contributed by atoms with Gasteiger partial charge < -0.3 is 11.5 Å².